The van der Waals surface area contributed by atoms with Gasteiger partial charge >= 0.3 is 0 Å². The van der Waals surface area contributed by atoms with Crippen LogP contribution in [0.5, 0.6) is 0 Å². The Balaban J connectivity index is 1.33. The Labute approximate surface area is 168 Å². The third-order valence-electron chi connectivity index (χ3n) is 5.06. The van der Waals surface area contributed by atoms with Crippen molar-refractivity contribution >= 4 is 11.3 Å². The molecule has 5 heteroatoms. The molecule has 4 aromatic rings. The van der Waals surface area contributed by atoms with E-state index in [1.54, 1.807) is 12.4 Å². The van der Waals surface area contributed by atoms with E-state index in [9.17, 15) is 0 Å². The summed E-state index contributed by atoms with van der Waals surface area (Å²) in [6.45, 7) is 2.88. The first-order chi connectivity index (χ1) is 13.8. The van der Waals surface area contributed by atoms with Gasteiger partial charge in [-0.2, -0.15) is 0 Å². The Bertz CT molecular complexity index is 1080. The third kappa shape index (κ3) is 3.59. The number of hydrogen-bond donors (Lipinski definition) is 0. The van der Waals surface area contributed by atoms with Crippen LogP contribution >= 0.6 is 11.3 Å². The Morgan fingerprint density at radius 1 is 0.929 bits per heavy atom. The number of thiophene rings is 1. The lowest BCUT2D eigenvalue weighted by Gasteiger charge is -2.27. The molecular weight excluding hydrogens is 364 g/mol. The molecule has 1 aliphatic rings. The number of pyridine rings is 1. The molecule has 3 aromatic heterocycles. The molecule has 0 amide bonds. The molecule has 0 fully saturated rings. The first kappa shape index (κ1) is 17.2. The molecule has 0 N–H and O–H groups in total. The molecule has 4 nitrogen and oxygen atoms in total. The first-order valence-electron chi connectivity index (χ1n) is 9.47. The highest BCUT2D eigenvalue weighted by atomic mass is 32.1. The van der Waals surface area contributed by atoms with E-state index in [0.717, 1.165) is 43.1 Å². The van der Waals surface area contributed by atoms with Gasteiger partial charge in [-0.25, -0.2) is 9.97 Å². The van der Waals surface area contributed by atoms with Crippen LogP contribution in [0.25, 0.3) is 21.8 Å². The van der Waals surface area contributed by atoms with Gasteiger partial charge in [-0.3, -0.25) is 9.88 Å². The number of nitrogens with zero attached hydrogens (tertiary/aromatic N) is 4. The summed E-state index contributed by atoms with van der Waals surface area (Å²) in [5.74, 6) is 0.783. The highest BCUT2D eigenvalue weighted by Crippen LogP contribution is 2.30. The molecule has 0 unspecified atom stereocenters. The summed E-state index contributed by atoms with van der Waals surface area (Å²) in [6, 6.07) is 19.0. The summed E-state index contributed by atoms with van der Waals surface area (Å²) < 4.78 is 0. The standard InChI is InChI=1S/C23H20N4S/c1-2-4-17(5-3-1)22-7-6-20(28-22)15-27-13-10-19-14-25-23(26-21(19)16-27)18-8-11-24-12-9-18/h1-9,11-12,14H,10,13,15-16H2. The van der Waals surface area contributed by atoms with Gasteiger partial charge in [-0.05, 0) is 41.8 Å². The molecule has 1 aromatic carbocycles. The summed E-state index contributed by atoms with van der Waals surface area (Å²) >= 11 is 1.88. The van der Waals surface area contributed by atoms with E-state index in [4.69, 9.17) is 4.98 Å². The number of aromatic nitrogens is 3. The van der Waals surface area contributed by atoms with Crippen LogP contribution in [-0.4, -0.2) is 26.4 Å². The minimum absolute atomic E-state index is 0.783. The lowest BCUT2D eigenvalue weighted by molar-refractivity contribution is 0.243. The molecule has 0 atom stereocenters. The van der Waals surface area contributed by atoms with Crippen LogP contribution in [0.3, 0.4) is 0 Å². The van der Waals surface area contributed by atoms with Gasteiger partial charge in [0.1, 0.15) is 0 Å². The van der Waals surface area contributed by atoms with Crippen molar-refractivity contribution in [3.05, 3.63) is 89.3 Å². The summed E-state index contributed by atoms with van der Waals surface area (Å²) in [7, 11) is 0. The highest BCUT2D eigenvalue weighted by molar-refractivity contribution is 7.15. The molecule has 0 aliphatic carbocycles. The molecular formula is C23H20N4S. The van der Waals surface area contributed by atoms with Crippen molar-refractivity contribution in [1.29, 1.82) is 0 Å². The van der Waals surface area contributed by atoms with Crippen LogP contribution in [0.1, 0.15) is 16.1 Å². The molecule has 0 bridgehead atoms. The van der Waals surface area contributed by atoms with Crippen LogP contribution in [-0.2, 0) is 19.5 Å². The zero-order chi connectivity index (χ0) is 18.8. The predicted octanol–water partition coefficient (Wildman–Crippen LogP) is 4.83. The summed E-state index contributed by atoms with van der Waals surface area (Å²) in [5, 5.41) is 0. The van der Waals surface area contributed by atoms with E-state index in [2.05, 4.69) is 57.3 Å². The van der Waals surface area contributed by atoms with E-state index in [1.165, 1.54) is 20.9 Å². The largest absolute Gasteiger partial charge is 0.292 e. The van der Waals surface area contributed by atoms with Crippen LogP contribution in [0, 0.1) is 0 Å². The lowest BCUT2D eigenvalue weighted by Crippen LogP contribution is -2.30. The number of fused-ring (bicyclic) bond motifs is 1. The second-order valence-electron chi connectivity index (χ2n) is 6.99. The monoisotopic (exact) mass is 384 g/mol. The molecule has 4 heterocycles. The van der Waals surface area contributed by atoms with Crippen LogP contribution in [0.4, 0.5) is 0 Å². The Kier molecular flexibility index (Phi) is 4.69. The number of benzene rings is 1. The van der Waals surface area contributed by atoms with Gasteiger partial charge in [0.25, 0.3) is 0 Å². The molecule has 0 saturated heterocycles. The fourth-order valence-corrected chi connectivity index (χ4v) is 4.63. The van der Waals surface area contributed by atoms with Gasteiger partial charge in [0.2, 0.25) is 0 Å². The minimum atomic E-state index is 0.783. The van der Waals surface area contributed by atoms with Gasteiger partial charge < -0.3 is 0 Å². The Morgan fingerprint density at radius 2 is 1.79 bits per heavy atom. The topological polar surface area (TPSA) is 41.9 Å². The van der Waals surface area contributed by atoms with Crippen LogP contribution in [0.15, 0.2) is 73.2 Å². The predicted molar refractivity (Wildman–Crippen MR) is 113 cm³/mol. The Morgan fingerprint density at radius 3 is 2.64 bits per heavy atom. The van der Waals surface area contributed by atoms with Gasteiger partial charge in [-0.15, -0.1) is 11.3 Å². The smallest absolute Gasteiger partial charge is 0.159 e. The second kappa shape index (κ2) is 7.62. The normalized spacial score (nSPS) is 14.0. The maximum Gasteiger partial charge on any atom is 0.159 e. The molecule has 138 valence electrons. The molecule has 0 saturated carbocycles. The van der Waals surface area contributed by atoms with Gasteiger partial charge in [0.05, 0.1) is 5.69 Å². The van der Waals surface area contributed by atoms with E-state index in [0.29, 0.717) is 0 Å². The molecule has 28 heavy (non-hydrogen) atoms. The SMILES string of the molecule is c1ccc(-c2ccc(CN3CCc4cnc(-c5ccncc5)nc4C3)s2)cc1. The van der Waals surface area contributed by atoms with Gasteiger partial charge in [0, 0.05) is 53.5 Å². The zero-order valence-corrected chi connectivity index (χ0v) is 16.3. The van der Waals surface area contributed by atoms with E-state index < -0.39 is 0 Å². The zero-order valence-electron chi connectivity index (χ0n) is 15.5. The van der Waals surface area contributed by atoms with Crippen LogP contribution < -0.4 is 0 Å². The number of rotatable bonds is 4. The van der Waals surface area contributed by atoms with Crippen LogP contribution in [0.2, 0.25) is 0 Å². The summed E-state index contributed by atoms with van der Waals surface area (Å²) in [5.41, 5.74) is 4.72. The van der Waals surface area contributed by atoms with Crippen molar-refractivity contribution in [2.24, 2.45) is 0 Å². The fraction of sp³-hybridized carbons (Fsp3) is 0.174. The van der Waals surface area contributed by atoms with Crippen molar-refractivity contribution in [3.63, 3.8) is 0 Å². The van der Waals surface area contributed by atoms with Gasteiger partial charge in [0.15, 0.2) is 5.82 Å². The second-order valence-corrected chi connectivity index (χ2v) is 8.16. The van der Waals surface area contributed by atoms with E-state index >= 15 is 0 Å². The van der Waals surface area contributed by atoms with Crippen molar-refractivity contribution in [3.8, 4) is 21.8 Å². The molecule has 1 aliphatic heterocycles. The summed E-state index contributed by atoms with van der Waals surface area (Å²) in [4.78, 5) is 18.7. The number of hydrogen-bond acceptors (Lipinski definition) is 5. The quantitative estimate of drug-likeness (QED) is 0.506. The van der Waals surface area contributed by atoms with Gasteiger partial charge in [-0.1, -0.05) is 30.3 Å². The highest BCUT2D eigenvalue weighted by Gasteiger charge is 2.19. The molecule has 0 spiro atoms. The molecule has 0 radical (unpaired) electrons. The Hall–Kier alpha value is -2.89. The third-order valence-corrected chi connectivity index (χ3v) is 6.18. The van der Waals surface area contributed by atoms with Crippen molar-refractivity contribution in [2.75, 3.05) is 6.54 Å². The van der Waals surface area contributed by atoms with Crippen molar-refractivity contribution < 1.29 is 0 Å². The maximum absolute atomic E-state index is 4.85. The lowest BCUT2D eigenvalue weighted by atomic mass is 10.1. The minimum Gasteiger partial charge on any atom is -0.292 e. The van der Waals surface area contributed by atoms with E-state index in [1.807, 2.05) is 29.7 Å². The molecule has 5 rings (SSSR count). The average Bonchev–Trinajstić information content (AvgIpc) is 3.23. The first-order valence-corrected chi connectivity index (χ1v) is 10.3. The van der Waals surface area contributed by atoms with E-state index in [-0.39, 0.29) is 0 Å². The maximum atomic E-state index is 4.85. The van der Waals surface area contributed by atoms with Crippen molar-refractivity contribution in [1.82, 2.24) is 19.9 Å². The average molecular weight is 385 g/mol. The summed E-state index contributed by atoms with van der Waals surface area (Å²) in [6.07, 6.45) is 6.56. The van der Waals surface area contributed by atoms with Crippen molar-refractivity contribution in [2.45, 2.75) is 19.5 Å². The fourth-order valence-electron chi connectivity index (χ4n) is 3.57.